The summed E-state index contributed by atoms with van der Waals surface area (Å²) in [7, 11) is -3.92. The van der Waals surface area contributed by atoms with Crippen molar-refractivity contribution in [3.05, 3.63) is 56.2 Å². The van der Waals surface area contributed by atoms with Gasteiger partial charge in [-0.2, -0.15) is 0 Å². The number of amides is 1. The molecule has 144 valence electrons. The number of primary amides is 1. The standard InChI is InChI=1S/C17H17BrFN3O4S/c1-9-15(21-14-5-4-11(18)6-13(14)19)12(16(20)23)7-22(17(9)24)27(25,26)8-10-2-3-10/h4-7,10,21H,2-3,8H2,1H3,(H2,20,23). The van der Waals surface area contributed by atoms with E-state index in [1.807, 2.05) is 0 Å². The minimum absolute atomic E-state index is 0.0155. The SMILES string of the molecule is Cc1c(Nc2ccc(Br)cc2F)c(C(N)=O)cn(S(=O)(=O)CC2CC2)c1=O. The largest absolute Gasteiger partial charge is 0.365 e. The van der Waals surface area contributed by atoms with Gasteiger partial charge < -0.3 is 11.1 Å². The van der Waals surface area contributed by atoms with Crippen molar-refractivity contribution in [3.8, 4) is 0 Å². The molecular weight excluding hydrogens is 441 g/mol. The molecule has 1 fully saturated rings. The molecule has 0 bridgehead atoms. The third-order valence-electron chi connectivity index (χ3n) is 4.31. The second-order valence-corrected chi connectivity index (χ2v) is 9.29. The number of carbonyl (C=O) groups is 1. The normalized spacial score (nSPS) is 14.2. The van der Waals surface area contributed by atoms with Crippen LogP contribution in [0, 0.1) is 18.7 Å². The van der Waals surface area contributed by atoms with Crippen LogP contribution in [0.1, 0.15) is 28.8 Å². The molecule has 1 aromatic heterocycles. The molecule has 1 aromatic carbocycles. The summed E-state index contributed by atoms with van der Waals surface area (Å²) in [6.45, 7) is 1.36. The Balaban J connectivity index is 2.13. The maximum atomic E-state index is 14.1. The number of pyridine rings is 1. The number of rotatable bonds is 6. The van der Waals surface area contributed by atoms with Crippen molar-refractivity contribution >= 4 is 43.2 Å². The Bertz CT molecular complexity index is 1090. The van der Waals surface area contributed by atoms with E-state index < -0.39 is 27.3 Å². The highest BCUT2D eigenvalue weighted by Gasteiger charge is 2.31. The smallest absolute Gasteiger partial charge is 0.269 e. The molecule has 1 aliphatic rings. The first-order valence-electron chi connectivity index (χ1n) is 8.11. The Kier molecular flexibility index (Phi) is 5.13. The first kappa shape index (κ1) is 19.6. The third-order valence-corrected chi connectivity index (χ3v) is 6.57. The number of benzene rings is 1. The first-order chi connectivity index (χ1) is 12.6. The zero-order valence-electron chi connectivity index (χ0n) is 14.3. The summed E-state index contributed by atoms with van der Waals surface area (Å²) < 4.78 is 40.2. The monoisotopic (exact) mass is 457 g/mol. The molecule has 0 aliphatic heterocycles. The lowest BCUT2D eigenvalue weighted by molar-refractivity contribution is 0.100. The van der Waals surface area contributed by atoms with Crippen LogP contribution in [0.4, 0.5) is 15.8 Å². The summed E-state index contributed by atoms with van der Waals surface area (Å²) in [4.78, 5) is 24.5. The molecule has 1 amide bonds. The summed E-state index contributed by atoms with van der Waals surface area (Å²) in [5.41, 5.74) is 4.31. The molecule has 0 spiro atoms. The van der Waals surface area contributed by atoms with Crippen molar-refractivity contribution in [3.63, 3.8) is 0 Å². The van der Waals surface area contributed by atoms with Gasteiger partial charge in [-0.05, 0) is 43.9 Å². The van der Waals surface area contributed by atoms with Gasteiger partial charge in [0.05, 0.1) is 22.7 Å². The fraction of sp³-hybridized carbons (Fsp3) is 0.294. The number of nitrogens with one attached hydrogen (secondary N) is 1. The molecule has 0 radical (unpaired) electrons. The van der Waals surface area contributed by atoms with Gasteiger partial charge in [-0.3, -0.25) is 9.59 Å². The molecule has 1 heterocycles. The fourth-order valence-electron chi connectivity index (χ4n) is 2.66. The molecule has 7 nitrogen and oxygen atoms in total. The Hall–Kier alpha value is -2.20. The van der Waals surface area contributed by atoms with Gasteiger partial charge in [0.1, 0.15) is 5.82 Å². The lowest BCUT2D eigenvalue weighted by atomic mass is 10.1. The van der Waals surface area contributed by atoms with Gasteiger partial charge in [0, 0.05) is 16.2 Å². The van der Waals surface area contributed by atoms with E-state index in [1.165, 1.54) is 19.1 Å². The number of hydrogen-bond donors (Lipinski definition) is 2. The molecule has 2 aromatic rings. The molecule has 0 saturated heterocycles. The topological polar surface area (TPSA) is 111 Å². The predicted molar refractivity (Wildman–Crippen MR) is 103 cm³/mol. The number of hydrogen-bond acceptors (Lipinski definition) is 5. The summed E-state index contributed by atoms with van der Waals surface area (Å²) in [5.74, 6) is -1.70. The fourth-order valence-corrected chi connectivity index (χ4v) is 4.74. The molecule has 0 unspecified atom stereocenters. The zero-order valence-corrected chi connectivity index (χ0v) is 16.7. The van der Waals surface area contributed by atoms with Gasteiger partial charge >= 0.3 is 0 Å². The third kappa shape index (κ3) is 4.06. The van der Waals surface area contributed by atoms with Crippen molar-refractivity contribution in [2.24, 2.45) is 11.7 Å². The van der Waals surface area contributed by atoms with Crippen LogP contribution in [0.5, 0.6) is 0 Å². The van der Waals surface area contributed by atoms with Gasteiger partial charge in [0.2, 0.25) is 10.0 Å². The van der Waals surface area contributed by atoms with Crippen molar-refractivity contribution in [2.45, 2.75) is 19.8 Å². The Morgan fingerprint density at radius 3 is 2.63 bits per heavy atom. The number of anilines is 2. The van der Waals surface area contributed by atoms with E-state index in [2.05, 4.69) is 21.2 Å². The van der Waals surface area contributed by atoms with Crippen molar-refractivity contribution in [1.29, 1.82) is 0 Å². The Morgan fingerprint density at radius 1 is 1.41 bits per heavy atom. The minimum atomic E-state index is -3.92. The average Bonchev–Trinajstić information content (AvgIpc) is 3.36. The predicted octanol–water partition coefficient (Wildman–Crippen LogP) is 2.49. The van der Waals surface area contributed by atoms with Crippen LogP contribution >= 0.6 is 15.9 Å². The van der Waals surface area contributed by atoms with Crippen molar-refractivity contribution < 1.29 is 17.6 Å². The van der Waals surface area contributed by atoms with E-state index in [0.717, 1.165) is 19.0 Å². The number of nitrogens with zero attached hydrogens (tertiary/aromatic N) is 1. The maximum absolute atomic E-state index is 14.1. The van der Waals surface area contributed by atoms with E-state index in [9.17, 15) is 22.4 Å². The van der Waals surface area contributed by atoms with Crippen LogP contribution in [0.25, 0.3) is 0 Å². The molecule has 3 rings (SSSR count). The summed E-state index contributed by atoms with van der Waals surface area (Å²) in [6.07, 6.45) is 2.49. The molecule has 1 saturated carbocycles. The summed E-state index contributed by atoms with van der Waals surface area (Å²) >= 11 is 3.14. The van der Waals surface area contributed by atoms with E-state index in [0.29, 0.717) is 8.45 Å². The molecular formula is C17H17BrFN3O4S. The summed E-state index contributed by atoms with van der Waals surface area (Å²) in [5, 5.41) is 2.69. The Labute approximate surface area is 163 Å². The van der Waals surface area contributed by atoms with Gasteiger partial charge in [-0.25, -0.2) is 16.8 Å². The van der Waals surface area contributed by atoms with Crippen LogP contribution < -0.4 is 16.6 Å². The van der Waals surface area contributed by atoms with Crippen molar-refractivity contribution in [1.82, 2.24) is 3.97 Å². The lowest BCUT2D eigenvalue weighted by Crippen LogP contribution is -2.33. The van der Waals surface area contributed by atoms with E-state index >= 15 is 0 Å². The maximum Gasteiger partial charge on any atom is 0.269 e. The second kappa shape index (κ2) is 7.08. The second-order valence-electron chi connectivity index (χ2n) is 6.48. The van der Waals surface area contributed by atoms with Crippen LogP contribution in [0.15, 0.2) is 33.7 Å². The highest BCUT2D eigenvalue weighted by molar-refractivity contribution is 9.10. The van der Waals surface area contributed by atoms with E-state index in [-0.39, 0.29) is 34.2 Å². The number of aromatic nitrogens is 1. The molecule has 3 N–H and O–H groups in total. The van der Waals surface area contributed by atoms with Crippen LogP contribution in [-0.2, 0) is 10.0 Å². The number of nitrogens with two attached hydrogens (primary N) is 1. The Morgan fingerprint density at radius 2 is 2.07 bits per heavy atom. The van der Waals surface area contributed by atoms with Crippen molar-refractivity contribution in [2.75, 3.05) is 11.1 Å². The number of carbonyl (C=O) groups excluding carboxylic acids is 1. The highest BCUT2D eigenvalue weighted by atomic mass is 79.9. The van der Waals surface area contributed by atoms with Gasteiger partial charge in [-0.1, -0.05) is 15.9 Å². The summed E-state index contributed by atoms with van der Waals surface area (Å²) in [6, 6.07) is 4.20. The van der Waals surface area contributed by atoms with Crippen LogP contribution in [-0.4, -0.2) is 24.1 Å². The lowest BCUT2D eigenvalue weighted by Gasteiger charge is -2.16. The molecule has 1 aliphatic carbocycles. The first-order valence-corrected chi connectivity index (χ1v) is 10.5. The quantitative estimate of drug-likeness (QED) is 0.691. The zero-order chi connectivity index (χ0) is 19.9. The van der Waals surface area contributed by atoms with E-state index in [4.69, 9.17) is 5.73 Å². The molecule has 0 atom stereocenters. The van der Waals surface area contributed by atoms with Crippen LogP contribution in [0.2, 0.25) is 0 Å². The molecule has 27 heavy (non-hydrogen) atoms. The molecule has 10 heteroatoms. The van der Waals surface area contributed by atoms with Gasteiger partial charge in [0.15, 0.2) is 0 Å². The van der Waals surface area contributed by atoms with Gasteiger partial charge in [0.25, 0.3) is 11.5 Å². The number of halogens is 2. The average molecular weight is 458 g/mol. The highest BCUT2D eigenvalue weighted by Crippen LogP contribution is 2.31. The minimum Gasteiger partial charge on any atom is -0.365 e. The van der Waals surface area contributed by atoms with Crippen LogP contribution in [0.3, 0.4) is 0 Å². The van der Waals surface area contributed by atoms with E-state index in [1.54, 1.807) is 6.07 Å². The van der Waals surface area contributed by atoms with Gasteiger partial charge in [-0.15, -0.1) is 0 Å².